The Balaban J connectivity index is 2.51. The number of ether oxygens (including phenoxy) is 5. The van der Waals surface area contributed by atoms with Crippen LogP contribution in [0.3, 0.4) is 0 Å². The lowest BCUT2D eigenvalue weighted by atomic mass is 10.1. The minimum absolute atomic E-state index is 0.0114. The van der Waals surface area contributed by atoms with E-state index in [4.69, 9.17) is 35.9 Å². The monoisotopic (exact) mass is 422 g/mol. The Hall–Kier alpha value is -2.29. The van der Waals surface area contributed by atoms with E-state index in [0.717, 1.165) is 4.90 Å². The number of hydrogen-bond donors (Lipinski definition) is 0. The van der Waals surface area contributed by atoms with E-state index in [0.29, 0.717) is 22.8 Å². The molecule has 0 fully saturated rings. The average molecular weight is 423 g/mol. The molecule has 0 atom stereocenters. The van der Waals surface area contributed by atoms with E-state index in [2.05, 4.69) is 0 Å². The largest absolute Gasteiger partial charge is 0.493 e. The molecule has 0 radical (unpaired) electrons. The Morgan fingerprint density at radius 2 is 1.86 bits per heavy atom. The standard InChI is InChI=1S/C20H22O6S2/c1-22-13-26-19-17(20(21)25-9-10-27)14(11-16(23-2)18(19)24-3)12-28-15-7-5-4-6-8-15/h4-8,10-11H,9,12-13H2,1-3H3. The van der Waals surface area contributed by atoms with Crippen LogP contribution in [-0.2, 0) is 15.2 Å². The summed E-state index contributed by atoms with van der Waals surface area (Å²) in [6, 6.07) is 11.6. The van der Waals surface area contributed by atoms with Crippen LogP contribution in [-0.4, -0.2) is 46.1 Å². The fraction of sp³-hybridized carbons (Fsp3) is 0.300. The van der Waals surface area contributed by atoms with E-state index < -0.39 is 5.97 Å². The third kappa shape index (κ3) is 5.60. The number of benzene rings is 2. The fourth-order valence-corrected chi connectivity index (χ4v) is 3.43. The van der Waals surface area contributed by atoms with Crippen molar-refractivity contribution in [2.75, 3.05) is 34.7 Å². The summed E-state index contributed by atoms with van der Waals surface area (Å²) in [4.78, 5) is 13.8. The summed E-state index contributed by atoms with van der Waals surface area (Å²) in [6.07, 6.45) is 0. The molecule has 0 aromatic heterocycles. The van der Waals surface area contributed by atoms with Crippen molar-refractivity contribution in [3.05, 3.63) is 47.5 Å². The van der Waals surface area contributed by atoms with E-state index in [1.165, 1.54) is 26.7 Å². The third-order valence-electron chi connectivity index (χ3n) is 3.65. The normalized spacial score (nSPS) is 10.2. The van der Waals surface area contributed by atoms with Crippen LogP contribution >= 0.6 is 24.0 Å². The van der Waals surface area contributed by atoms with Crippen molar-refractivity contribution in [1.82, 2.24) is 0 Å². The quantitative estimate of drug-likeness (QED) is 0.232. The number of thioether (sulfide) groups is 1. The summed E-state index contributed by atoms with van der Waals surface area (Å²) in [5, 5.41) is 1.34. The fourth-order valence-electron chi connectivity index (χ4n) is 2.47. The molecule has 0 heterocycles. The molecule has 0 aliphatic heterocycles. The zero-order valence-corrected chi connectivity index (χ0v) is 17.6. The van der Waals surface area contributed by atoms with Crippen LogP contribution in [0, 0.1) is 0 Å². The summed E-state index contributed by atoms with van der Waals surface area (Å²) in [5.41, 5.74) is 0.946. The zero-order valence-electron chi connectivity index (χ0n) is 15.9. The molecule has 0 saturated carbocycles. The van der Waals surface area contributed by atoms with Crippen LogP contribution in [0.4, 0.5) is 0 Å². The lowest BCUT2D eigenvalue weighted by Crippen LogP contribution is -2.14. The van der Waals surface area contributed by atoms with Crippen molar-refractivity contribution in [2.24, 2.45) is 0 Å². The predicted octanol–water partition coefficient (Wildman–Crippen LogP) is 4.14. The molecule has 0 bridgehead atoms. The van der Waals surface area contributed by atoms with Gasteiger partial charge in [-0.2, -0.15) is 0 Å². The van der Waals surface area contributed by atoms with E-state index >= 15 is 0 Å². The molecule has 0 unspecified atom stereocenters. The smallest absolute Gasteiger partial charge is 0.342 e. The molecule has 0 N–H and O–H groups in total. The van der Waals surface area contributed by atoms with E-state index in [1.54, 1.807) is 17.8 Å². The van der Waals surface area contributed by atoms with Gasteiger partial charge in [0.15, 0.2) is 18.3 Å². The minimum Gasteiger partial charge on any atom is -0.493 e. The number of methoxy groups -OCH3 is 3. The first-order chi connectivity index (χ1) is 13.7. The van der Waals surface area contributed by atoms with Crippen molar-refractivity contribution in [3.63, 3.8) is 0 Å². The average Bonchev–Trinajstić information content (AvgIpc) is 2.74. The number of rotatable bonds is 11. The van der Waals surface area contributed by atoms with Gasteiger partial charge in [0, 0.05) is 23.1 Å². The lowest BCUT2D eigenvalue weighted by molar-refractivity contribution is 0.0436. The molecule has 2 aromatic carbocycles. The van der Waals surface area contributed by atoms with Gasteiger partial charge in [-0.25, -0.2) is 4.79 Å². The second-order valence-electron chi connectivity index (χ2n) is 5.39. The summed E-state index contributed by atoms with van der Waals surface area (Å²) in [7, 11) is 4.49. The molecule has 8 heteroatoms. The second-order valence-corrected chi connectivity index (χ2v) is 6.78. The molecule has 150 valence electrons. The van der Waals surface area contributed by atoms with Crippen molar-refractivity contribution < 1.29 is 28.5 Å². The number of esters is 1. The van der Waals surface area contributed by atoms with Gasteiger partial charge in [-0.05, 0) is 23.8 Å². The highest BCUT2D eigenvalue weighted by atomic mass is 32.2. The highest BCUT2D eigenvalue weighted by Crippen LogP contribution is 2.44. The topological polar surface area (TPSA) is 63.2 Å². The Kier molecular flexibility index (Phi) is 9.06. The van der Waals surface area contributed by atoms with Crippen molar-refractivity contribution in [1.29, 1.82) is 0 Å². The van der Waals surface area contributed by atoms with Crippen LogP contribution < -0.4 is 14.2 Å². The molecule has 6 nitrogen and oxygen atoms in total. The summed E-state index contributed by atoms with van der Waals surface area (Å²) < 4.78 is 26.8. The van der Waals surface area contributed by atoms with Gasteiger partial charge >= 0.3 is 5.97 Å². The Labute approximate surface area is 174 Å². The number of carbonyl (C=O) groups is 1. The molecule has 0 spiro atoms. The predicted molar refractivity (Wildman–Crippen MR) is 112 cm³/mol. The SMILES string of the molecule is COCOc1c(OC)c(OC)cc(CSc2ccccc2)c1C(=O)OCC=S. The lowest BCUT2D eigenvalue weighted by Gasteiger charge is -2.19. The molecular weight excluding hydrogens is 400 g/mol. The number of hydrogen-bond acceptors (Lipinski definition) is 8. The van der Waals surface area contributed by atoms with Crippen molar-refractivity contribution >= 4 is 35.3 Å². The number of thiocarbonyl (C=S) groups is 1. The van der Waals surface area contributed by atoms with Gasteiger partial charge in [0.2, 0.25) is 5.75 Å². The van der Waals surface area contributed by atoms with Gasteiger partial charge in [-0.1, -0.05) is 30.4 Å². The third-order valence-corrected chi connectivity index (χ3v) is 4.85. The maximum atomic E-state index is 12.8. The molecule has 2 aromatic rings. The van der Waals surface area contributed by atoms with Gasteiger partial charge in [0.05, 0.1) is 14.2 Å². The molecule has 0 saturated heterocycles. The summed E-state index contributed by atoms with van der Waals surface area (Å²) >= 11 is 6.33. The first-order valence-electron chi connectivity index (χ1n) is 8.34. The number of carbonyl (C=O) groups excluding carboxylic acids is 1. The maximum absolute atomic E-state index is 12.8. The van der Waals surface area contributed by atoms with Gasteiger partial charge in [-0.15, -0.1) is 11.8 Å². The highest BCUT2D eigenvalue weighted by molar-refractivity contribution is 7.98. The second kappa shape index (κ2) is 11.5. The van der Waals surface area contributed by atoms with Gasteiger partial charge in [0.1, 0.15) is 12.2 Å². The molecule has 0 aliphatic rings. The maximum Gasteiger partial charge on any atom is 0.342 e. The molecule has 0 aliphatic carbocycles. The molecule has 28 heavy (non-hydrogen) atoms. The Bertz CT molecular complexity index is 795. The van der Waals surface area contributed by atoms with Gasteiger partial charge < -0.3 is 23.7 Å². The molecular formula is C20H22O6S2. The summed E-state index contributed by atoms with van der Waals surface area (Å²) in [6.45, 7) is -0.0558. The highest BCUT2D eigenvalue weighted by Gasteiger charge is 2.27. The first kappa shape index (κ1) is 22.0. The first-order valence-corrected chi connectivity index (χ1v) is 9.80. The van der Waals surface area contributed by atoms with E-state index in [1.807, 2.05) is 30.3 Å². The van der Waals surface area contributed by atoms with Gasteiger partial charge in [-0.3, -0.25) is 0 Å². The van der Waals surface area contributed by atoms with Crippen LogP contribution in [0.1, 0.15) is 15.9 Å². The molecule has 2 rings (SSSR count). The zero-order chi connectivity index (χ0) is 20.4. The minimum atomic E-state index is -0.559. The van der Waals surface area contributed by atoms with Crippen LogP contribution in [0.5, 0.6) is 17.2 Å². The van der Waals surface area contributed by atoms with Crippen LogP contribution in [0.2, 0.25) is 0 Å². The Morgan fingerprint density at radius 3 is 2.46 bits per heavy atom. The van der Waals surface area contributed by atoms with Crippen molar-refractivity contribution in [2.45, 2.75) is 10.6 Å². The Morgan fingerprint density at radius 1 is 1.11 bits per heavy atom. The van der Waals surface area contributed by atoms with Gasteiger partial charge in [0.25, 0.3) is 0 Å². The van der Waals surface area contributed by atoms with E-state index in [9.17, 15) is 4.79 Å². The van der Waals surface area contributed by atoms with Crippen LogP contribution in [0.15, 0.2) is 41.3 Å². The van der Waals surface area contributed by atoms with E-state index in [-0.39, 0.29) is 24.7 Å². The van der Waals surface area contributed by atoms with Crippen LogP contribution in [0.25, 0.3) is 0 Å². The van der Waals surface area contributed by atoms with Crippen molar-refractivity contribution in [3.8, 4) is 17.2 Å². The molecule has 0 amide bonds. The summed E-state index contributed by atoms with van der Waals surface area (Å²) in [5.74, 6) is 0.889.